The van der Waals surface area contributed by atoms with Crippen molar-refractivity contribution < 1.29 is 4.74 Å². The van der Waals surface area contributed by atoms with Crippen LogP contribution in [0.2, 0.25) is 0 Å². The van der Waals surface area contributed by atoms with Gasteiger partial charge in [-0.1, -0.05) is 37.3 Å². The van der Waals surface area contributed by atoms with Crippen molar-refractivity contribution in [2.75, 3.05) is 20.2 Å². The second kappa shape index (κ2) is 11.7. The second-order valence-corrected chi connectivity index (χ2v) is 6.14. The SMILES string of the molecule is CN=C(NCCOCc1ccccc1)NC1CCC(C)CC1.I. The molecule has 1 fully saturated rings. The van der Waals surface area contributed by atoms with Gasteiger partial charge in [-0.05, 0) is 37.2 Å². The van der Waals surface area contributed by atoms with E-state index in [2.05, 4.69) is 34.7 Å². The maximum atomic E-state index is 5.67. The van der Waals surface area contributed by atoms with Crippen molar-refractivity contribution in [3.05, 3.63) is 35.9 Å². The minimum atomic E-state index is 0. The molecule has 23 heavy (non-hydrogen) atoms. The first-order valence-corrected chi connectivity index (χ1v) is 8.36. The maximum Gasteiger partial charge on any atom is 0.191 e. The van der Waals surface area contributed by atoms with Crippen LogP contribution in [-0.4, -0.2) is 32.2 Å². The van der Waals surface area contributed by atoms with Gasteiger partial charge in [-0.25, -0.2) is 0 Å². The molecule has 1 aromatic carbocycles. The van der Waals surface area contributed by atoms with Gasteiger partial charge in [0, 0.05) is 19.6 Å². The Balaban J connectivity index is 0.00000264. The van der Waals surface area contributed by atoms with Gasteiger partial charge in [-0.15, -0.1) is 24.0 Å². The Bertz CT molecular complexity index is 445. The molecule has 0 saturated heterocycles. The quantitative estimate of drug-likeness (QED) is 0.313. The van der Waals surface area contributed by atoms with Crippen LogP contribution in [0.1, 0.15) is 38.2 Å². The molecule has 1 aliphatic rings. The van der Waals surface area contributed by atoms with Crippen LogP contribution in [0.15, 0.2) is 35.3 Å². The number of hydrogen-bond donors (Lipinski definition) is 2. The first-order valence-electron chi connectivity index (χ1n) is 8.36. The van der Waals surface area contributed by atoms with Crippen LogP contribution in [-0.2, 0) is 11.3 Å². The van der Waals surface area contributed by atoms with Gasteiger partial charge in [-0.2, -0.15) is 0 Å². The van der Waals surface area contributed by atoms with Crippen LogP contribution >= 0.6 is 24.0 Å². The summed E-state index contributed by atoms with van der Waals surface area (Å²) in [6.07, 6.45) is 5.11. The van der Waals surface area contributed by atoms with E-state index in [1.54, 1.807) is 0 Å². The van der Waals surface area contributed by atoms with Crippen LogP contribution in [0.3, 0.4) is 0 Å². The Labute approximate surface area is 157 Å². The standard InChI is InChI=1S/C18H29N3O.HI/c1-15-8-10-17(11-9-15)21-18(19-2)20-12-13-22-14-16-6-4-3-5-7-16;/h3-7,15,17H,8-14H2,1-2H3,(H2,19,20,21);1H. The zero-order valence-corrected chi connectivity index (χ0v) is 16.6. The van der Waals surface area contributed by atoms with Gasteiger partial charge in [0.05, 0.1) is 13.2 Å². The highest BCUT2D eigenvalue weighted by atomic mass is 127. The molecule has 5 heteroatoms. The van der Waals surface area contributed by atoms with Crippen molar-refractivity contribution in [1.29, 1.82) is 0 Å². The fourth-order valence-corrected chi connectivity index (χ4v) is 2.80. The van der Waals surface area contributed by atoms with E-state index in [9.17, 15) is 0 Å². The number of hydrogen-bond acceptors (Lipinski definition) is 2. The molecular weight excluding hydrogens is 401 g/mol. The molecular formula is C18H30IN3O. The molecule has 1 aliphatic carbocycles. The molecule has 0 aromatic heterocycles. The van der Waals surface area contributed by atoms with Crippen molar-refractivity contribution in [3.8, 4) is 0 Å². The summed E-state index contributed by atoms with van der Waals surface area (Å²) in [4.78, 5) is 4.30. The van der Waals surface area contributed by atoms with E-state index in [4.69, 9.17) is 4.74 Å². The molecule has 0 aliphatic heterocycles. The topological polar surface area (TPSA) is 45.7 Å². The van der Waals surface area contributed by atoms with Gasteiger partial charge in [0.1, 0.15) is 0 Å². The molecule has 4 nitrogen and oxygen atoms in total. The van der Waals surface area contributed by atoms with E-state index in [-0.39, 0.29) is 24.0 Å². The molecule has 0 amide bonds. The Morgan fingerprint density at radius 1 is 1.17 bits per heavy atom. The second-order valence-electron chi connectivity index (χ2n) is 6.14. The van der Waals surface area contributed by atoms with E-state index in [1.807, 2.05) is 25.2 Å². The Kier molecular flexibility index (Phi) is 10.3. The third-order valence-corrected chi connectivity index (χ3v) is 4.23. The summed E-state index contributed by atoms with van der Waals surface area (Å²) in [5, 5.41) is 6.85. The zero-order chi connectivity index (χ0) is 15.6. The Morgan fingerprint density at radius 2 is 1.87 bits per heavy atom. The van der Waals surface area contributed by atoms with Gasteiger partial charge in [0.25, 0.3) is 0 Å². The molecule has 0 heterocycles. The molecule has 0 atom stereocenters. The van der Waals surface area contributed by atoms with Gasteiger partial charge in [0.15, 0.2) is 5.96 Å². The van der Waals surface area contributed by atoms with E-state index >= 15 is 0 Å². The number of rotatable bonds is 6. The summed E-state index contributed by atoms with van der Waals surface area (Å²) in [5.74, 6) is 1.77. The van der Waals surface area contributed by atoms with Crippen molar-refractivity contribution >= 4 is 29.9 Å². The van der Waals surface area contributed by atoms with Crippen LogP contribution in [0.25, 0.3) is 0 Å². The van der Waals surface area contributed by atoms with Crippen molar-refractivity contribution in [1.82, 2.24) is 10.6 Å². The summed E-state index contributed by atoms with van der Waals surface area (Å²) in [5.41, 5.74) is 1.21. The van der Waals surface area contributed by atoms with Gasteiger partial charge < -0.3 is 15.4 Å². The number of nitrogens with zero attached hydrogens (tertiary/aromatic N) is 1. The minimum Gasteiger partial charge on any atom is -0.375 e. The Morgan fingerprint density at radius 3 is 2.52 bits per heavy atom. The average molecular weight is 431 g/mol. The maximum absolute atomic E-state index is 5.67. The highest BCUT2D eigenvalue weighted by Gasteiger charge is 2.18. The number of nitrogens with one attached hydrogen (secondary N) is 2. The summed E-state index contributed by atoms with van der Waals surface area (Å²) in [6, 6.07) is 10.8. The Hall–Kier alpha value is -0.820. The lowest BCUT2D eigenvalue weighted by Gasteiger charge is -2.28. The molecule has 130 valence electrons. The molecule has 2 N–H and O–H groups in total. The number of benzene rings is 1. The molecule has 1 aromatic rings. The van der Waals surface area contributed by atoms with E-state index in [0.717, 1.165) is 18.4 Å². The summed E-state index contributed by atoms with van der Waals surface area (Å²) >= 11 is 0. The molecule has 0 radical (unpaired) electrons. The molecule has 2 rings (SSSR count). The van der Waals surface area contributed by atoms with Gasteiger partial charge in [0.2, 0.25) is 0 Å². The van der Waals surface area contributed by atoms with E-state index in [1.165, 1.54) is 31.2 Å². The number of ether oxygens (including phenoxy) is 1. The summed E-state index contributed by atoms with van der Waals surface area (Å²) < 4.78 is 5.67. The predicted molar refractivity (Wildman–Crippen MR) is 107 cm³/mol. The van der Waals surface area contributed by atoms with Crippen molar-refractivity contribution in [3.63, 3.8) is 0 Å². The third-order valence-electron chi connectivity index (χ3n) is 4.23. The summed E-state index contributed by atoms with van der Waals surface area (Å²) in [6.45, 7) is 4.45. The number of halogens is 1. The fraction of sp³-hybridized carbons (Fsp3) is 0.611. The smallest absolute Gasteiger partial charge is 0.191 e. The molecule has 0 bridgehead atoms. The lowest BCUT2D eigenvalue weighted by Crippen LogP contribution is -2.45. The number of aliphatic imine (C=N–C) groups is 1. The largest absolute Gasteiger partial charge is 0.375 e. The number of guanidine groups is 1. The molecule has 1 saturated carbocycles. The van der Waals surface area contributed by atoms with Gasteiger partial charge >= 0.3 is 0 Å². The van der Waals surface area contributed by atoms with Crippen molar-refractivity contribution in [2.24, 2.45) is 10.9 Å². The highest BCUT2D eigenvalue weighted by molar-refractivity contribution is 14.0. The lowest BCUT2D eigenvalue weighted by molar-refractivity contribution is 0.125. The first-order chi connectivity index (χ1) is 10.8. The molecule has 0 spiro atoms. The normalized spacial score (nSPS) is 21.4. The molecule has 0 unspecified atom stereocenters. The van der Waals surface area contributed by atoms with Crippen LogP contribution in [0, 0.1) is 5.92 Å². The minimum absolute atomic E-state index is 0. The zero-order valence-electron chi connectivity index (χ0n) is 14.3. The van der Waals surface area contributed by atoms with Crippen LogP contribution < -0.4 is 10.6 Å². The monoisotopic (exact) mass is 431 g/mol. The third kappa shape index (κ3) is 8.01. The first kappa shape index (κ1) is 20.2. The van der Waals surface area contributed by atoms with Crippen LogP contribution in [0.5, 0.6) is 0 Å². The average Bonchev–Trinajstić information content (AvgIpc) is 2.56. The lowest BCUT2D eigenvalue weighted by atomic mass is 9.87. The van der Waals surface area contributed by atoms with E-state index in [0.29, 0.717) is 19.3 Å². The fourth-order valence-electron chi connectivity index (χ4n) is 2.80. The van der Waals surface area contributed by atoms with Crippen LogP contribution in [0.4, 0.5) is 0 Å². The van der Waals surface area contributed by atoms with E-state index < -0.39 is 0 Å². The van der Waals surface area contributed by atoms with Gasteiger partial charge in [-0.3, -0.25) is 4.99 Å². The highest BCUT2D eigenvalue weighted by Crippen LogP contribution is 2.23. The predicted octanol–water partition coefficient (Wildman–Crippen LogP) is 3.56. The van der Waals surface area contributed by atoms with Crippen molar-refractivity contribution in [2.45, 2.75) is 45.3 Å². The summed E-state index contributed by atoms with van der Waals surface area (Å²) in [7, 11) is 1.83.